The van der Waals surface area contributed by atoms with Crippen LogP contribution in [-0.4, -0.2) is 26.9 Å². The van der Waals surface area contributed by atoms with Gasteiger partial charge in [-0.25, -0.2) is 0 Å². The van der Waals surface area contributed by atoms with E-state index in [-0.39, 0.29) is 17.2 Å². The molecule has 0 aliphatic carbocycles. The molecule has 0 fully saturated rings. The van der Waals surface area contributed by atoms with Crippen molar-refractivity contribution in [2.45, 2.75) is 0 Å². The number of ether oxygens (including phenoxy) is 1. The molecule has 0 aliphatic rings. The van der Waals surface area contributed by atoms with E-state index in [1.807, 2.05) is 0 Å². The minimum atomic E-state index is -3.67. The number of hydrogen-bond donors (Lipinski definition) is 1. The lowest BCUT2D eigenvalue weighted by Gasteiger charge is -2.09. The van der Waals surface area contributed by atoms with Crippen molar-refractivity contribution in [1.82, 2.24) is 0 Å². The van der Waals surface area contributed by atoms with Crippen molar-refractivity contribution in [3.8, 4) is 17.2 Å². The Labute approximate surface area is 82.0 Å². The van der Waals surface area contributed by atoms with Gasteiger partial charge in [0.1, 0.15) is 0 Å². The first-order valence-corrected chi connectivity index (χ1v) is 5.51. The van der Waals surface area contributed by atoms with Gasteiger partial charge in [-0.05, 0) is 12.1 Å². The van der Waals surface area contributed by atoms with E-state index >= 15 is 0 Å². The van der Waals surface area contributed by atoms with Gasteiger partial charge in [-0.15, -0.1) is 0 Å². The second-order valence-electron chi connectivity index (χ2n) is 2.60. The molecular weight excluding hydrogens is 208 g/mol. The smallest absolute Gasteiger partial charge is 0.306 e. The third-order valence-corrected chi connectivity index (χ3v) is 1.88. The molecule has 0 radical (unpaired) electrons. The molecule has 1 aromatic rings. The predicted octanol–water partition coefficient (Wildman–Crippen LogP) is 0.739. The summed E-state index contributed by atoms with van der Waals surface area (Å²) >= 11 is 0. The lowest BCUT2D eigenvalue weighted by atomic mass is 10.3. The van der Waals surface area contributed by atoms with Crippen LogP contribution in [0.5, 0.6) is 17.2 Å². The number of phenols is 1. The van der Waals surface area contributed by atoms with E-state index < -0.39 is 10.1 Å². The van der Waals surface area contributed by atoms with Gasteiger partial charge in [-0.1, -0.05) is 6.07 Å². The van der Waals surface area contributed by atoms with Gasteiger partial charge in [-0.2, -0.15) is 8.42 Å². The number of para-hydroxylation sites is 1. The molecule has 6 heteroatoms. The topological polar surface area (TPSA) is 72.8 Å². The highest BCUT2D eigenvalue weighted by Gasteiger charge is 2.14. The number of phenolic OH excluding ortho intramolecular Hbond substituents is 1. The van der Waals surface area contributed by atoms with Crippen LogP contribution in [0.4, 0.5) is 0 Å². The zero-order valence-corrected chi connectivity index (χ0v) is 8.54. The van der Waals surface area contributed by atoms with Gasteiger partial charge < -0.3 is 14.0 Å². The number of rotatable bonds is 3. The molecule has 0 unspecified atom stereocenters. The monoisotopic (exact) mass is 218 g/mol. The Morgan fingerprint density at radius 1 is 1.36 bits per heavy atom. The molecule has 78 valence electrons. The Kier molecular flexibility index (Phi) is 2.85. The minimum Gasteiger partial charge on any atom is -0.504 e. The maximum atomic E-state index is 10.8. The highest BCUT2D eigenvalue weighted by Crippen LogP contribution is 2.36. The van der Waals surface area contributed by atoms with E-state index in [4.69, 9.17) is 4.74 Å². The average molecular weight is 218 g/mol. The average Bonchev–Trinajstić information content (AvgIpc) is 2.06. The zero-order valence-electron chi connectivity index (χ0n) is 7.72. The fourth-order valence-corrected chi connectivity index (χ4v) is 1.37. The van der Waals surface area contributed by atoms with Gasteiger partial charge in [-0.3, -0.25) is 0 Å². The summed E-state index contributed by atoms with van der Waals surface area (Å²) in [5, 5.41) is 9.32. The second-order valence-corrected chi connectivity index (χ2v) is 4.17. The zero-order chi connectivity index (χ0) is 10.8. The van der Waals surface area contributed by atoms with Crippen LogP contribution in [0.25, 0.3) is 0 Å². The number of methoxy groups -OCH3 is 1. The molecule has 1 rings (SSSR count). The van der Waals surface area contributed by atoms with Crippen LogP contribution in [0.15, 0.2) is 18.2 Å². The third kappa shape index (κ3) is 2.53. The SMILES string of the molecule is COc1cccc(O)c1OS(C)(=O)=O. The molecule has 1 aromatic carbocycles. The fourth-order valence-electron chi connectivity index (χ4n) is 0.900. The van der Waals surface area contributed by atoms with Crippen molar-refractivity contribution in [1.29, 1.82) is 0 Å². The predicted molar refractivity (Wildman–Crippen MR) is 50.1 cm³/mol. The largest absolute Gasteiger partial charge is 0.504 e. The van der Waals surface area contributed by atoms with Crippen molar-refractivity contribution in [2.75, 3.05) is 13.4 Å². The molecule has 0 bridgehead atoms. The van der Waals surface area contributed by atoms with Crippen LogP contribution in [0, 0.1) is 0 Å². The lowest BCUT2D eigenvalue weighted by molar-refractivity contribution is 0.374. The maximum Gasteiger partial charge on any atom is 0.306 e. The number of benzene rings is 1. The molecule has 0 saturated heterocycles. The summed E-state index contributed by atoms with van der Waals surface area (Å²) in [4.78, 5) is 0. The third-order valence-electron chi connectivity index (χ3n) is 1.41. The molecule has 1 N–H and O–H groups in total. The van der Waals surface area contributed by atoms with Crippen LogP contribution in [0.2, 0.25) is 0 Å². The van der Waals surface area contributed by atoms with E-state index in [1.54, 1.807) is 0 Å². The highest BCUT2D eigenvalue weighted by atomic mass is 32.2. The molecule has 0 amide bonds. The van der Waals surface area contributed by atoms with Crippen LogP contribution in [-0.2, 0) is 10.1 Å². The Bertz CT molecular complexity index is 423. The lowest BCUT2D eigenvalue weighted by Crippen LogP contribution is -2.06. The van der Waals surface area contributed by atoms with Crippen molar-refractivity contribution >= 4 is 10.1 Å². The molecule has 0 atom stereocenters. The summed E-state index contributed by atoms with van der Waals surface area (Å²) in [7, 11) is -2.32. The molecular formula is C8H10O5S. The van der Waals surface area contributed by atoms with Crippen molar-refractivity contribution in [3.63, 3.8) is 0 Å². The summed E-state index contributed by atoms with van der Waals surface area (Å²) in [5.41, 5.74) is 0. The quantitative estimate of drug-likeness (QED) is 0.757. The first-order valence-electron chi connectivity index (χ1n) is 3.69. The molecule has 0 spiro atoms. The first kappa shape index (κ1) is 10.6. The van der Waals surface area contributed by atoms with Gasteiger partial charge in [0, 0.05) is 0 Å². The Hall–Kier alpha value is -1.43. The van der Waals surface area contributed by atoms with Crippen molar-refractivity contribution in [2.24, 2.45) is 0 Å². The van der Waals surface area contributed by atoms with Crippen LogP contribution in [0.3, 0.4) is 0 Å². The van der Waals surface area contributed by atoms with Crippen LogP contribution >= 0.6 is 0 Å². The van der Waals surface area contributed by atoms with E-state index in [0.29, 0.717) is 0 Å². The second kappa shape index (κ2) is 3.75. The van der Waals surface area contributed by atoms with Crippen molar-refractivity contribution < 1.29 is 22.4 Å². The molecule has 0 heterocycles. The van der Waals surface area contributed by atoms with E-state index in [2.05, 4.69) is 4.18 Å². The summed E-state index contributed by atoms with van der Waals surface area (Å²) in [6.45, 7) is 0. The summed E-state index contributed by atoms with van der Waals surface area (Å²) < 4.78 is 31.0. The molecule has 0 saturated carbocycles. The van der Waals surface area contributed by atoms with Gasteiger partial charge >= 0.3 is 10.1 Å². The van der Waals surface area contributed by atoms with E-state index in [1.165, 1.54) is 25.3 Å². The Balaban J connectivity index is 3.18. The minimum absolute atomic E-state index is 0.162. The molecule has 0 aliphatic heterocycles. The first-order chi connectivity index (χ1) is 6.44. The normalized spacial score (nSPS) is 11.0. The Morgan fingerprint density at radius 3 is 2.50 bits per heavy atom. The number of aromatic hydroxyl groups is 1. The molecule has 0 aromatic heterocycles. The van der Waals surface area contributed by atoms with Crippen LogP contribution < -0.4 is 8.92 Å². The standard InChI is InChI=1S/C8H10O5S/c1-12-7-5-3-4-6(9)8(7)13-14(2,10)11/h3-5,9H,1-2H3. The number of hydrogen-bond acceptors (Lipinski definition) is 5. The summed E-state index contributed by atoms with van der Waals surface area (Å²) in [5.74, 6) is -0.317. The van der Waals surface area contributed by atoms with Gasteiger partial charge in [0.25, 0.3) is 0 Å². The van der Waals surface area contributed by atoms with Crippen molar-refractivity contribution in [3.05, 3.63) is 18.2 Å². The Morgan fingerprint density at radius 2 is 2.00 bits per heavy atom. The van der Waals surface area contributed by atoms with E-state index in [0.717, 1.165) is 6.26 Å². The molecule has 14 heavy (non-hydrogen) atoms. The highest BCUT2D eigenvalue weighted by molar-refractivity contribution is 7.86. The summed E-state index contributed by atoms with van der Waals surface area (Å²) in [6, 6.07) is 4.31. The fraction of sp³-hybridized carbons (Fsp3) is 0.250. The van der Waals surface area contributed by atoms with Crippen LogP contribution in [0.1, 0.15) is 0 Å². The van der Waals surface area contributed by atoms with Gasteiger partial charge in [0.05, 0.1) is 13.4 Å². The van der Waals surface area contributed by atoms with Gasteiger partial charge in [0.15, 0.2) is 11.5 Å². The summed E-state index contributed by atoms with van der Waals surface area (Å²) in [6.07, 6.45) is 0.888. The van der Waals surface area contributed by atoms with E-state index in [9.17, 15) is 13.5 Å². The van der Waals surface area contributed by atoms with Gasteiger partial charge in [0.2, 0.25) is 5.75 Å². The maximum absolute atomic E-state index is 10.8. The molecule has 5 nitrogen and oxygen atoms in total.